The molecule has 1 unspecified atom stereocenters. The van der Waals surface area contributed by atoms with E-state index in [9.17, 15) is 9.50 Å². The van der Waals surface area contributed by atoms with Gasteiger partial charge in [-0.25, -0.2) is 4.39 Å². The first kappa shape index (κ1) is 15.1. The molecule has 0 aromatic heterocycles. The fourth-order valence-corrected chi connectivity index (χ4v) is 2.35. The Balaban J connectivity index is 3.08. The molecule has 0 fully saturated rings. The fraction of sp³-hybridized carbons (Fsp3) is 0.600. The zero-order valence-electron chi connectivity index (χ0n) is 11.7. The zero-order chi connectivity index (χ0) is 13.8. The van der Waals surface area contributed by atoms with Crippen molar-refractivity contribution in [1.82, 2.24) is 0 Å². The van der Waals surface area contributed by atoms with Gasteiger partial charge in [0.15, 0.2) is 0 Å². The van der Waals surface area contributed by atoms with Crippen LogP contribution in [0.5, 0.6) is 0 Å². The molecule has 0 amide bonds. The summed E-state index contributed by atoms with van der Waals surface area (Å²) in [6.07, 6.45) is 0.705. The van der Waals surface area contributed by atoms with Crippen molar-refractivity contribution in [1.29, 1.82) is 0 Å². The lowest BCUT2D eigenvalue weighted by atomic mass is 9.85. The summed E-state index contributed by atoms with van der Waals surface area (Å²) in [6, 6.07) is 4.72. The van der Waals surface area contributed by atoms with E-state index < -0.39 is 11.7 Å². The molecular formula is C15H23FO2. The highest BCUT2D eigenvalue weighted by atomic mass is 19.1. The maximum atomic E-state index is 13.3. The van der Waals surface area contributed by atoms with Crippen LogP contribution in [0.4, 0.5) is 4.39 Å². The molecule has 1 rings (SSSR count). The largest absolute Gasteiger partial charge is 0.385 e. The molecule has 0 radical (unpaired) electrons. The highest BCUT2D eigenvalue weighted by Gasteiger charge is 2.36. The van der Waals surface area contributed by atoms with Crippen molar-refractivity contribution in [3.8, 4) is 0 Å². The van der Waals surface area contributed by atoms with Gasteiger partial charge in [-0.3, -0.25) is 0 Å². The Hall–Kier alpha value is -0.930. The van der Waals surface area contributed by atoms with Crippen molar-refractivity contribution in [3.05, 3.63) is 35.1 Å². The number of hydrogen-bond donors (Lipinski definition) is 1. The number of aliphatic hydroxyl groups excluding tert-OH is 1. The summed E-state index contributed by atoms with van der Waals surface area (Å²) < 4.78 is 19.0. The topological polar surface area (TPSA) is 29.5 Å². The van der Waals surface area contributed by atoms with Crippen molar-refractivity contribution in [2.24, 2.45) is 0 Å². The van der Waals surface area contributed by atoms with Crippen LogP contribution >= 0.6 is 0 Å². The molecule has 1 N–H and O–H groups in total. The molecule has 0 saturated heterocycles. The van der Waals surface area contributed by atoms with Gasteiger partial charge >= 0.3 is 0 Å². The first-order chi connectivity index (χ1) is 8.50. The van der Waals surface area contributed by atoms with Gasteiger partial charge in [0.2, 0.25) is 0 Å². The second-order valence-corrected chi connectivity index (χ2v) is 4.62. The lowest BCUT2D eigenvalue weighted by Gasteiger charge is -2.36. The number of hydrogen-bond acceptors (Lipinski definition) is 2. The standard InChI is InChI=1S/C15H23FO2/c1-5-15(6-2,18-7-3)14(17)12-8-9-13(16)11(4)10-12/h8-10,14,17H,5-7H2,1-4H3. The zero-order valence-corrected chi connectivity index (χ0v) is 11.7. The van der Waals surface area contributed by atoms with Gasteiger partial charge in [0.25, 0.3) is 0 Å². The van der Waals surface area contributed by atoms with Gasteiger partial charge in [0.1, 0.15) is 11.9 Å². The first-order valence-electron chi connectivity index (χ1n) is 6.58. The minimum Gasteiger partial charge on any atom is -0.385 e. The van der Waals surface area contributed by atoms with Crippen LogP contribution in [0, 0.1) is 12.7 Å². The summed E-state index contributed by atoms with van der Waals surface area (Å²) in [7, 11) is 0. The lowest BCUT2D eigenvalue weighted by Crippen LogP contribution is -2.38. The Morgan fingerprint density at radius 1 is 1.28 bits per heavy atom. The van der Waals surface area contributed by atoms with Gasteiger partial charge < -0.3 is 9.84 Å². The predicted molar refractivity (Wildman–Crippen MR) is 71.0 cm³/mol. The van der Waals surface area contributed by atoms with E-state index in [0.717, 1.165) is 12.8 Å². The average Bonchev–Trinajstić information content (AvgIpc) is 2.38. The minimum absolute atomic E-state index is 0.249. The van der Waals surface area contributed by atoms with Crippen LogP contribution in [0.3, 0.4) is 0 Å². The number of halogens is 1. The molecular weight excluding hydrogens is 231 g/mol. The molecule has 3 heteroatoms. The van der Waals surface area contributed by atoms with Crippen LogP contribution in [0.1, 0.15) is 50.8 Å². The normalized spacial score (nSPS) is 13.7. The summed E-state index contributed by atoms with van der Waals surface area (Å²) in [4.78, 5) is 0. The quantitative estimate of drug-likeness (QED) is 0.837. The van der Waals surface area contributed by atoms with E-state index in [4.69, 9.17) is 4.74 Å². The van der Waals surface area contributed by atoms with E-state index >= 15 is 0 Å². The summed E-state index contributed by atoms with van der Waals surface area (Å²) in [5.74, 6) is -0.249. The van der Waals surface area contributed by atoms with Crippen molar-refractivity contribution in [2.75, 3.05) is 6.61 Å². The highest BCUT2D eigenvalue weighted by Crippen LogP contribution is 2.35. The number of ether oxygens (including phenoxy) is 1. The van der Waals surface area contributed by atoms with E-state index in [-0.39, 0.29) is 5.82 Å². The summed E-state index contributed by atoms with van der Waals surface area (Å²) in [6.45, 7) is 8.17. The number of rotatable bonds is 6. The van der Waals surface area contributed by atoms with Crippen LogP contribution < -0.4 is 0 Å². The van der Waals surface area contributed by atoms with Crippen LogP contribution in [0.25, 0.3) is 0 Å². The van der Waals surface area contributed by atoms with Crippen LogP contribution in [-0.2, 0) is 4.74 Å². The second kappa shape index (κ2) is 6.30. The fourth-order valence-electron chi connectivity index (χ4n) is 2.35. The molecule has 102 valence electrons. The van der Waals surface area contributed by atoms with Gasteiger partial charge in [-0.1, -0.05) is 26.0 Å². The third kappa shape index (κ3) is 2.90. The minimum atomic E-state index is -0.730. The van der Waals surface area contributed by atoms with Crippen molar-refractivity contribution >= 4 is 0 Å². The third-order valence-corrected chi connectivity index (χ3v) is 3.62. The van der Waals surface area contributed by atoms with E-state index in [2.05, 4.69) is 0 Å². The summed E-state index contributed by atoms with van der Waals surface area (Å²) in [5, 5.41) is 10.5. The van der Waals surface area contributed by atoms with Gasteiger partial charge in [-0.2, -0.15) is 0 Å². The number of aliphatic hydroxyl groups is 1. The van der Waals surface area contributed by atoms with E-state index in [0.29, 0.717) is 17.7 Å². The Labute approximate surface area is 109 Å². The predicted octanol–water partition coefficient (Wildman–Crippen LogP) is 3.76. The van der Waals surface area contributed by atoms with Crippen LogP contribution in [-0.4, -0.2) is 17.3 Å². The average molecular weight is 254 g/mol. The van der Waals surface area contributed by atoms with E-state index in [1.54, 1.807) is 19.1 Å². The smallest absolute Gasteiger partial charge is 0.126 e. The van der Waals surface area contributed by atoms with E-state index in [1.807, 2.05) is 20.8 Å². The summed E-state index contributed by atoms with van der Waals surface area (Å²) >= 11 is 0. The maximum Gasteiger partial charge on any atom is 0.126 e. The number of benzene rings is 1. The Bertz CT molecular complexity index is 386. The lowest BCUT2D eigenvalue weighted by molar-refractivity contribution is -0.127. The maximum absolute atomic E-state index is 13.3. The molecule has 0 heterocycles. The van der Waals surface area contributed by atoms with Crippen LogP contribution in [0.15, 0.2) is 18.2 Å². The van der Waals surface area contributed by atoms with Gasteiger partial charge in [0, 0.05) is 6.61 Å². The van der Waals surface area contributed by atoms with Crippen LogP contribution in [0.2, 0.25) is 0 Å². The van der Waals surface area contributed by atoms with Crippen molar-refractivity contribution in [3.63, 3.8) is 0 Å². The molecule has 0 aliphatic carbocycles. The third-order valence-electron chi connectivity index (χ3n) is 3.62. The highest BCUT2D eigenvalue weighted by molar-refractivity contribution is 5.27. The molecule has 18 heavy (non-hydrogen) atoms. The Morgan fingerprint density at radius 2 is 1.89 bits per heavy atom. The molecule has 2 nitrogen and oxygen atoms in total. The molecule has 0 saturated carbocycles. The molecule has 1 aromatic rings. The van der Waals surface area contributed by atoms with Gasteiger partial charge in [-0.15, -0.1) is 0 Å². The first-order valence-corrected chi connectivity index (χ1v) is 6.58. The van der Waals surface area contributed by atoms with Crippen molar-refractivity contribution < 1.29 is 14.2 Å². The Morgan fingerprint density at radius 3 is 2.33 bits per heavy atom. The molecule has 1 atom stereocenters. The van der Waals surface area contributed by atoms with E-state index in [1.165, 1.54) is 6.07 Å². The molecule has 0 aliphatic rings. The van der Waals surface area contributed by atoms with Gasteiger partial charge in [0.05, 0.1) is 5.60 Å². The molecule has 1 aromatic carbocycles. The number of aryl methyl sites for hydroxylation is 1. The SMILES string of the molecule is CCOC(CC)(CC)C(O)c1ccc(F)c(C)c1. The second-order valence-electron chi connectivity index (χ2n) is 4.62. The van der Waals surface area contributed by atoms with Crippen molar-refractivity contribution in [2.45, 2.75) is 52.2 Å². The molecule has 0 spiro atoms. The van der Waals surface area contributed by atoms with Gasteiger partial charge in [-0.05, 0) is 43.9 Å². The monoisotopic (exact) mass is 254 g/mol. The Kier molecular flexibility index (Phi) is 5.29. The summed E-state index contributed by atoms with van der Waals surface area (Å²) in [5.41, 5.74) is 0.675. The molecule has 0 aliphatic heterocycles. The molecule has 0 bridgehead atoms.